The van der Waals surface area contributed by atoms with Crippen molar-refractivity contribution in [3.63, 3.8) is 0 Å². The van der Waals surface area contributed by atoms with Crippen molar-refractivity contribution < 1.29 is 12.8 Å². The number of halogens is 1. The van der Waals surface area contributed by atoms with Crippen LogP contribution in [-0.4, -0.2) is 30.9 Å². The lowest BCUT2D eigenvalue weighted by Gasteiger charge is -2.26. The molecule has 19 heavy (non-hydrogen) atoms. The monoisotopic (exact) mass is 288 g/mol. The summed E-state index contributed by atoms with van der Waals surface area (Å²) in [5, 5.41) is 3.19. The van der Waals surface area contributed by atoms with Gasteiger partial charge in [0.2, 0.25) is 0 Å². The van der Waals surface area contributed by atoms with Crippen LogP contribution in [0, 0.1) is 5.82 Å². The smallest absolute Gasteiger partial charge is 0.153 e. The van der Waals surface area contributed by atoms with Gasteiger partial charge in [0, 0.05) is 18.8 Å². The minimum Gasteiger partial charge on any atom is -0.307 e. The fraction of sp³-hybridized carbons (Fsp3) is 0.615. The van der Waals surface area contributed by atoms with E-state index in [-0.39, 0.29) is 11.9 Å². The maximum absolute atomic E-state index is 12.8. The van der Waals surface area contributed by atoms with Gasteiger partial charge in [-0.05, 0) is 32.4 Å². The number of hydrogen-bond acceptors (Lipinski definition) is 4. The van der Waals surface area contributed by atoms with E-state index in [2.05, 4.69) is 10.3 Å². The molecule has 0 spiro atoms. The highest BCUT2D eigenvalue weighted by molar-refractivity contribution is 7.92. The van der Waals surface area contributed by atoms with Crippen molar-refractivity contribution in [3.8, 4) is 0 Å². The maximum atomic E-state index is 12.8. The highest BCUT2D eigenvalue weighted by atomic mass is 32.2. The number of pyridine rings is 1. The summed E-state index contributed by atoms with van der Waals surface area (Å²) in [6, 6.07) is 2.89. The predicted molar refractivity (Wildman–Crippen MR) is 74.2 cm³/mol. The van der Waals surface area contributed by atoms with Crippen molar-refractivity contribution in [1.29, 1.82) is 0 Å². The van der Waals surface area contributed by atoms with Crippen LogP contribution in [0.25, 0.3) is 0 Å². The lowest BCUT2D eigenvalue weighted by Crippen LogP contribution is -2.42. The van der Waals surface area contributed by atoms with Crippen LogP contribution in [0.1, 0.15) is 38.9 Å². The predicted octanol–water partition coefficient (Wildman–Crippen LogP) is 2.08. The minimum absolute atomic E-state index is 0.0818. The first-order valence-electron chi connectivity index (χ1n) is 6.22. The van der Waals surface area contributed by atoms with Gasteiger partial charge in [-0.25, -0.2) is 12.8 Å². The Balaban J connectivity index is 2.76. The third kappa shape index (κ3) is 4.24. The number of hydrogen-bond donors (Lipinski definition) is 1. The largest absolute Gasteiger partial charge is 0.307 e. The highest BCUT2D eigenvalue weighted by Crippen LogP contribution is 2.18. The van der Waals surface area contributed by atoms with Crippen molar-refractivity contribution in [1.82, 2.24) is 10.3 Å². The van der Waals surface area contributed by atoms with E-state index in [0.717, 1.165) is 6.42 Å². The molecule has 0 aliphatic rings. The average Bonchev–Trinajstić information content (AvgIpc) is 2.30. The zero-order valence-corrected chi connectivity index (χ0v) is 12.6. The summed E-state index contributed by atoms with van der Waals surface area (Å²) in [7, 11) is -3.14. The fourth-order valence-electron chi connectivity index (χ4n) is 1.55. The SMILES string of the molecule is CCC(NCC(C)(C)S(C)(=O)=O)c1ccc(F)cn1. The molecule has 1 heterocycles. The van der Waals surface area contributed by atoms with Crippen LogP contribution in [0.5, 0.6) is 0 Å². The lowest BCUT2D eigenvalue weighted by molar-refractivity contribution is 0.456. The van der Waals surface area contributed by atoms with E-state index in [4.69, 9.17) is 0 Å². The third-order valence-corrected chi connectivity index (χ3v) is 5.45. The molecule has 4 nitrogen and oxygen atoms in total. The Morgan fingerprint density at radius 2 is 2.05 bits per heavy atom. The molecule has 0 amide bonds. The average molecular weight is 288 g/mol. The quantitative estimate of drug-likeness (QED) is 0.870. The van der Waals surface area contributed by atoms with Crippen LogP contribution in [0.2, 0.25) is 0 Å². The molecule has 0 aliphatic heterocycles. The van der Waals surface area contributed by atoms with E-state index in [1.807, 2.05) is 6.92 Å². The summed E-state index contributed by atoms with van der Waals surface area (Å²) in [6.45, 7) is 5.65. The van der Waals surface area contributed by atoms with E-state index in [1.165, 1.54) is 18.5 Å². The van der Waals surface area contributed by atoms with Crippen molar-refractivity contribution in [2.24, 2.45) is 0 Å². The molecule has 1 N–H and O–H groups in total. The summed E-state index contributed by atoms with van der Waals surface area (Å²) in [5.74, 6) is -0.380. The summed E-state index contributed by atoms with van der Waals surface area (Å²) in [4.78, 5) is 4.03. The van der Waals surface area contributed by atoms with E-state index < -0.39 is 14.6 Å². The molecular formula is C13H21FN2O2S. The molecule has 1 aromatic heterocycles. The van der Waals surface area contributed by atoms with Crippen LogP contribution in [0.3, 0.4) is 0 Å². The van der Waals surface area contributed by atoms with Gasteiger partial charge in [0.15, 0.2) is 9.84 Å². The Kier molecular flexibility index (Phi) is 5.04. The van der Waals surface area contributed by atoms with Crippen LogP contribution in [0.4, 0.5) is 4.39 Å². The van der Waals surface area contributed by atoms with Gasteiger partial charge in [0.25, 0.3) is 0 Å². The second-order valence-electron chi connectivity index (χ2n) is 5.27. The van der Waals surface area contributed by atoms with E-state index in [1.54, 1.807) is 19.9 Å². The Labute approximate surface area is 114 Å². The van der Waals surface area contributed by atoms with Crippen LogP contribution in [-0.2, 0) is 9.84 Å². The van der Waals surface area contributed by atoms with Crippen molar-refractivity contribution in [2.75, 3.05) is 12.8 Å². The topological polar surface area (TPSA) is 59.1 Å². The van der Waals surface area contributed by atoms with Gasteiger partial charge < -0.3 is 5.32 Å². The first-order valence-corrected chi connectivity index (χ1v) is 8.11. The zero-order chi connectivity index (χ0) is 14.7. The van der Waals surface area contributed by atoms with Crippen molar-refractivity contribution >= 4 is 9.84 Å². The number of rotatable bonds is 6. The molecule has 0 aliphatic carbocycles. The Morgan fingerprint density at radius 1 is 1.42 bits per heavy atom. The van der Waals surface area contributed by atoms with Gasteiger partial charge in [0.1, 0.15) is 5.82 Å². The molecule has 0 saturated carbocycles. The number of aromatic nitrogens is 1. The fourth-order valence-corrected chi connectivity index (χ4v) is 1.90. The molecule has 0 bridgehead atoms. The van der Waals surface area contributed by atoms with Crippen molar-refractivity contribution in [3.05, 3.63) is 29.8 Å². The van der Waals surface area contributed by atoms with Gasteiger partial charge >= 0.3 is 0 Å². The van der Waals surface area contributed by atoms with Gasteiger partial charge in [-0.2, -0.15) is 0 Å². The van der Waals surface area contributed by atoms with Gasteiger partial charge in [-0.15, -0.1) is 0 Å². The number of sulfone groups is 1. The molecule has 0 saturated heterocycles. The molecule has 1 unspecified atom stereocenters. The van der Waals surface area contributed by atoms with Crippen LogP contribution < -0.4 is 5.32 Å². The van der Waals surface area contributed by atoms with Crippen molar-refractivity contribution in [2.45, 2.75) is 38.0 Å². The molecule has 0 radical (unpaired) electrons. The minimum atomic E-state index is -3.14. The second kappa shape index (κ2) is 5.96. The van der Waals surface area contributed by atoms with Crippen LogP contribution in [0.15, 0.2) is 18.3 Å². The number of nitrogens with zero attached hydrogens (tertiary/aromatic N) is 1. The summed E-state index contributed by atoms with van der Waals surface area (Å²) >= 11 is 0. The molecule has 1 rings (SSSR count). The molecule has 0 aromatic carbocycles. The Bertz CT molecular complexity index is 512. The van der Waals surface area contributed by atoms with Gasteiger partial charge in [-0.1, -0.05) is 6.92 Å². The summed E-state index contributed by atoms with van der Waals surface area (Å²) in [5.41, 5.74) is 0.716. The van der Waals surface area contributed by atoms with Crippen LogP contribution >= 0.6 is 0 Å². The second-order valence-corrected chi connectivity index (χ2v) is 7.92. The maximum Gasteiger partial charge on any atom is 0.153 e. The lowest BCUT2D eigenvalue weighted by atomic mass is 10.1. The first-order chi connectivity index (χ1) is 8.67. The van der Waals surface area contributed by atoms with E-state index in [0.29, 0.717) is 12.2 Å². The van der Waals surface area contributed by atoms with E-state index in [9.17, 15) is 12.8 Å². The summed E-state index contributed by atoms with van der Waals surface area (Å²) < 4.78 is 35.2. The summed E-state index contributed by atoms with van der Waals surface area (Å²) in [6.07, 6.45) is 3.14. The molecule has 1 atom stereocenters. The normalized spacial score (nSPS) is 14.4. The van der Waals surface area contributed by atoms with Gasteiger partial charge in [0.05, 0.1) is 16.6 Å². The third-order valence-electron chi connectivity index (χ3n) is 3.29. The molecule has 108 valence electrons. The molecule has 0 fully saturated rings. The molecule has 6 heteroatoms. The zero-order valence-electron chi connectivity index (χ0n) is 11.8. The first kappa shape index (κ1) is 16.0. The number of nitrogens with one attached hydrogen (secondary N) is 1. The molecule has 1 aromatic rings. The Hall–Kier alpha value is -1.01. The highest BCUT2D eigenvalue weighted by Gasteiger charge is 2.30. The Morgan fingerprint density at radius 3 is 2.47 bits per heavy atom. The standard InChI is InChI=1S/C13H21FN2O2S/c1-5-11(12-7-6-10(14)8-15-12)16-9-13(2,3)19(4,17)18/h6-8,11,16H,5,9H2,1-4H3. The molecular weight excluding hydrogens is 267 g/mol. The van der Waals surface area contributed by atoms with E-state index >= 15 is 0 Å². The van der Waals surface area contributed by atoms with Gasteiger partial charge in [-0.3, -0.25) is 4.98 Å².